The number of halogens is 3. The van der Waals surface area contributed by atoms with Crippen molar-refractivity contribution in [2.45, 2.75) is 0 Å². The predicted molar refractivity (Wildman–Crippen MR) is 91.6 cm³/mol. The highest BCUT2D eigenvalue weighted by atomic mass is 79.9. The van der Waals surface area contributed by atoms with Crippen molar-refractivity contribution in [3.8, 4) is 0 Å². The Morgan fingerprint density at radius 2 is 1.82 bits per heavy atom. The van der Waals surface area contributed by atoms with Crippen LogP contribution in [-0.4, -0.2) is 18.4 Å². The lowest BCUT2D eigenvalue weighted by Gasteiger charge is -2.08. The van der Waals surface area contributed by atoms with E-state index in [1.165, 1.54) is 6.07 Å². The van der Waals surface area contributed by atoms with Crippen molar-refractivity contribution in [1.29, 1.82) is 0 Å². The van der Waals surface area contributed by atoms with Gasteiger partial charge in [-0.3, -0.25) is 9.59 Å². The Morgan fingerprint density at radius 3 is 2.50 bits per heavy atom. The molecule has 0 atom stereocenters. The molecule has 0 aliphatic rings. The molecular formula is C15H11BrCl2N2O2. The Morgan fingerprint density at radius 1 is 1.05 bits per heavy atom. The first-order valence-corrected chi connectivity index (χ1v) is 7.79. The maximum Gasteiger partial charge on any atom is 0.251 e. The van der Waals surface area contributed by atoms with E-state index < -0.39 is 0 Å². The summed E-state index contributed by atoms with van der Waals surface area (Å²) in [5.41, 5.74) is 0.979. The maximum atomic E-state index is 11.9. The van der Waals surface area contributed by atoms with Gasteiger partial charge in [0.1, 0.15) is 0 Å². The molecule has 0 saturated carbocycles. The maximum absolute atomic E-state index is 11.9. The highest BCUT2D eigenvalue weighted by Gasteiger charge is 2.09. The molecule has 0 spiro atoms. The van der Waals surface area contributed by atoms with Gasteiger partial charge in [0.05, 0.1) is 16.6 Å². The van der Waals surface area contributed by atoms with E-state index in [1.807, 2.05) is 6.07 Å². The summed E-state index contributed by atoms with van der Waals surface area (Å²) in [6, 6.07) is 11.6. The molecule has 0 saturated heterocycles. The number of amides is 2. The minimum Gasteiger partial charge on any atom is -0.343 e. The fourth-order valence-corrected chi connectivity index (χ4v) is 2.37. The van der Waals surface area contributed by atoms with Crippen molar-refractivity contribution < 1.29 is 9.59 Å². The number of hydrogen-bond acceptors (Lipinski definition) is 2. The van der Waals surface area contributed by atoms with Gasteiger partial charge < -0.3 is 10.6 Å². The highest BCUT2D eigenvalue weighted by Crippen LogP contribution is 2.24. The minimum absolute atomic E-state index is 0.147. The van der Waals surface area contributed by atoms with Crippen molar-refractivity contribution in [3.05, 3.63) is 62.5 Å². The van der Waals surface area contributed by atoms with Gasteiger partial charge in [0, 0.05) is 15.7 Å². The van der Waals surface area contributed by atoms with Crippen LogP contribution in [0.1, 0.15) is 10.4 Å². The van der Waals surface area contributed by atoms with Crippen LogP contribution in [0.2, 0.25) is 10.0 Å². The van der Waals surface area contributed by atoms with E-state index >= 15 is 0 Å². The van der Waals surface area contributed by atoms with E-state index in [1.54, 1.807) is 30.3 Å². The molecule has 0 radical (unpaired) electrons. The monoisotopic (exact) mass is 400 g/mol. The van der Waals surface area contributed by atoms with Gasteiger partial charge in [-0.25, -0.2) is 0 Å². The largest absolute Gasteiger partial charge is 0.343 e. The van der Waals surface area contributed by atoms with Gasteiger partial charge in [-0.15, -0.1) is 0 Å². The van der Waals surface area contributed by atoms with Crippen LogP contribution >= 0.6 is 39.1 Å². The van der Waals surface area contributed by atoms with E-state index in [4.69, 9.17) is 23.2 Å². The van der Waals surface area contributed by atoms with Crippen LogP contribution in [0, 0.1) is 0 Å². The van der Waals surface area contributed by atoms with Crippen molar-refractivity contribution in [1.82, 2.24) is 5.32 Å². The first kappa shape index (κ1) is 16.8. The lowest BCUT2D eigenvalue weighted by Crippen LogP contribution is -2.32. The molecule has 2 amide bonds. The third kappa shape index (κ3) is 4.73. The molecule has 2 rings (SSSR count). The molecule has 0 aromatic heterocycles. The van der Waals surface area contributed by atoms with Gasteiger partial charge in [-0.2, -0.15) is 0 Å². The number of nitrogens with one attached hydrogen (secondary N) is 2. The van der Waals surface area contributed by atoms with Crippen LogP contribution in [0.4, 0.5) is 5.69 Å². The van der Waals surface area contributed by atoms with Crippen molar-refractivity contribution >= 4 is 56.6 Å². The van der Waals surface area contributed by atoms with Gasteiger partial charge in [0.15, 0.2) is 0 Å². The second kappa shape index (κ2) is 7.63. The molecule has 0 unspecified atom stereocenters. The molecule has 114 valence electrons. The van der Waals surface area contributed by atoms with Gasteiger partial charge in [0.25, 0.3) is 5.91 Å². The van der Waals surface area contributed by atoms with Crippen LogP contribution in [0.5, 0.6) is 0 Å². The second-order valence-corrected chi connectivity index (χ2v) is 6.10. The van der Waals surface area contributed by atoms with Gasteiger partial charge in [0.2, 0.25) is 5.91 Å². The number of benzene rings is 2. The van der Waals surface area contributed by atoms with Crippen LogP contribution < -0.4 is 10.6 Å². The fraction of sp³-hybridized carbons (Fsp3) is 0.0667. The van der Waals surface area contributed by atoms with E-state index in [0.29, 0.717) is 21.3 Å². The lowest BCUT2D eigenvalue weighted by molar-refractivity contribution is -0.115. The minimum atomic E-state index is -0.360. The number of rotatable bonds is 4. The fourth-order valence-electron chi connectivity index (χ4n) is 1.67. The molecular weight excluding hydrogens is 391 g/mol. The number of carbonyl (C=O) groups is 2. The smallest absolute Gasteiger partial charge is 0.251 e. The molecule has 0 heterocycles. The Kier molecular flexibility index (Phi) is 5.83. The van der Waals surface area contributed by atoms with Crippen LogP contribution in [-0.2, 0) is 4.79 Å². The standard InChI is InChI=1S/C15H11BrCl2N2O2/c16-10-3-1-2-9(6-10)15(22)19-8-14(21)20-11-4-5-12(17)13(18)7-11/h1-7H,8H2,(H,19,22)(H,20,21). The van der Waals surface area contributed by atoms with Crippen molar-refractivity contribution in [2.24, 2.45) is 0 Å². The van der Waals surface area contributed by atoms with Gasteiger partial charge in [-0.05, 0) is 36.4 Å². The zero-order valence-electron chi connectivity index (χ0n) is 11.2. The Hall–Kier alpha value is -1.56. The summed E-state index contributed by atoms with van der Waals surface area (Å²) >= 11 is 14.9. The van der Waals surface area contributed by atoms with E-state index in [0.717, 1.165) is 4.47 Å². The molecule has 0 fully saturated rings. The summed E-state index contributed by atoms with van der Waals surface area (Å²) < 4.78 is 0.792. The quantitative estimate of drug-likeness (QED) is 0.809. The Bertz CT molecular complexity index is 722. The molecule has 0 aliphatic carbocycles. The lowest BCUT2D eigenvalue weighted by atomic mass is 10.2. The van der Waals surface area contributed by atoms with E-state index in [-0.39, 0.29) is 18.4 Å². The third-order valence-corrected chi connectivity index (χ3v) is 3.93. The average Bonchev–Trinajstić information content (AvgIpc) is 2.48. The summed E-state index contributed by atoms with van der Waals surface area (Å²) in [5.74, 6) is -0.688. The normalized spacial score (nSPS) is 10.1. The molecule has 0 aliphatic heterocycles. The van der Waals surface area contributed by atoms with Crippen molar-refractivity contribution in [3.63, 3.8) is 0 Å². The molecule has 7 heteroatoms. The topological polar surface area (TPSA) is 58.2 Å². The molecule has 2 aromatic rings. The highest BCUT2D eigenvalue weighted by molar-refractivity contribution is 9.10. The second-order valence-electron chi connectivity index (χ2n) is 4.37. The van der Waals surface area contributed by atoms with E-state index in [2.05, 4.69) is 26.6 Å². The SMILES string of the molecule is O=C(CNC(=O)c1cccc(Br)c1)Nc1ccc(Cl)c(Cl)c1. The van der Waals surface area contributed by atoms with Crippen LogP contribution in [0.15, 0.2) is 46.9 Å². The first-order chi connectivity index (χ1) is 10.5. The summed E-state index contributed by atoms with van der Waals surface area (Å²) in [5, 5.41) is 5.91. The summed E-state index contributed by atoms with van der Waals surface area (Å²) in [4.78, 5) is 23.7. The number of carbonyl (C=O) groups excluding carboxylic acids is 2. The summed E-state index contributed by atoms with van der Waals surface area (Å²) in [6.07, 6.45) is 0. The summed E-state index contributed by atoms with van der Waals surface area (Å²) in [7, 11) is 0. The molecule has 2 aromatic carbocycles. The predicted octanol–water partition coefficient (Wildman–Crippen LogP) is 4.12. The third-order valence-electron chi connectivity index (χ3n) is 2.70. The Balaban J connectivity index is 1.90. The molecule has 2 N–H and O–H groups in total. The van der Waals surface area contributed by atoms with Gasteiger partial charge >= 0.3 is 0 Å². The number of hydrogen-bond donors (Lipinski definition) is 2. The summed E-state index contributed by atoms with van der Waals surface area (Å²) in [6.45, 7) is -0.147. The van der Waals surface area contributed by atoms with Crippen LogP contribution in [0.3, 0.4) is 0 Å². The van der Waals surface area contributed by atoms with Crippen LogP contribution in [0.25, 0.3) is 0 Å². The van der Waals surface area contributed by atoms with E-state index in [9.17, 15) is 9.59 Å². The van der Waals surface area contributed by atoms with Crippen molar-refractivity contribution in [2.75, 3.05) is 11.9 Å². The zero-order valence-corrected chi connectivity index (χ0v) is 14.3. The average molecular weight is 402 g/mol. The Labute approximate surface area is 145 Å². The number of anilines is 1. The molecule has 22 heavy (non-hydrogen) atoms. The first-order valence-electron chi connectivity index (χ1n) is 6.24. The molecule has 0 bridgehead atoms. The van der Waals surface area contributed by atoms with Gasteiger partial charge in [-0.1, -0.05) is 45.2 Å². The zero-order chi connectivity index (χ0) is 16.1. The molecule has 4 nitrogen and oxygen atoms in total.